The number of aliphatic hydroxyl groups excluding tert-OH is 1. The Balaban J connectivity index is 2.88. The standard InChI is InChI=1S/C19H29F3O2Si/c1-18(2,3)25(4,5)24-16(13-14-17(23)19(20,21)22)12-11-15-9-7-6-8-10-15/h6-10,13-14,16-17,23H,11-12H2,1-5H3/b14-13+. The van der Waals surface area contributed by atoms with Gasteiger partial charge in [0.05, 0.1) is 6.10 Å². The van der Waals surface area contributed by atoms with Crippen LogP contribution >= 0.6 is 0 Å². The van der Waals surface area contributed by atoms with Gasteiger partial charge in [-0.2, -0.15) is 13.2 Å². The summed E-state index contributed by atoms with van der Waals surface area (Å²) in [7, 11) is -2.14. The Morgan fingerprint density at radius 3 is 2.12 bits per heavy atom. The molecule has 0 aliphatic heterocycles. The van der Waals surface area contributed by atoms with Crippen molar-refractivity contribution in [3.05, 3.63) is 48.0 Å². The second-order valence-corrected chi connectivity index (χ2v) is 12.6. The lowest BCUT2D eigenvalue weighted by Crippen LogP contribution is -2.43. The molecule has 0 heterocycles. The van der Waals surface area contributed by atoms with Crippen molar-refractivity contribution in [2.75, 3.05) is 0 Å². The minimum atomic E-state index is -4.66. The second-order valence-electron chi connectivity index (χ2n) is 7.81. The van der Waals surface area contributed by atoms with Gasteiger partial charge in [0.2, 0.25) is 0 Å². The highest BCUT2D eigenvalue weighted by atomic mass is 28.4. The second kappa shape index (κ2) is 8.51. The number of rotatable bonds is 7. The largest absolute Gasteiger partial charge is 0.417 e. The Labute approximate surface area is 149 Å². The lowest BCUT2D eigenvalue weighted by atomic mass is 10.1. The zero-order valence-electron chi connectivity index (χ0n) is 15.6. The molecule has 0 aromatic heterocycles. The summed E-state index contributed by atoms with van der Waals surface area (Å²) in [5.41, 5.74) is 1.11. The molecular weight excluding hydrogens is 345 g/mol. The van der Waals surface area contributed by atoms with Crippen LogP contribution in [0.4, 0.5) is 13.2 Å². The van der Waals surface area contributed by atoms with E-state index in [9.17, 15) is 18.3 Å². The van der Waals surface area contributed by atoms with Crippen LogP contribution in [0.15, 0.2) is 42.5 Å². The van der Waals surface area contributed by atoms with E-state index in [0.29, 0.717) is 12.8 Å². The average Bonchev–Trinajstić information content (AvgIpc) is 2.48. The predicted octanol–water partition coefficient (Wildman–Crippen LogP) is 5.49. The van der Waals surface area contributed by atoms with E-state index in [1.165, 1.54) is 6.08 Å². The number of benzene rings is 1. The Morgan fingerprint density at radius 2 is 1.64 bits per heavy atom. The highest BCUT2D eigenvalue weighted by Crippen LogP contribution is 2.38. The molecule has 1 aromatic rings. The van der Waals surface area contributed by atoms with Crippen molar-refractivity contribution >= 4 is 8.32 Å². The third-order valence-electron chi connectivity index (χ3n) is 4.66. The quantitative estimate of drug-likeness (QED) is 0.505. The van der Waals surface area contributed by atoms with Crippen molar-refractivity contribution in [2.24, 2.45) is 0 Å². The van der Waals surface area contributed by atoms with Crippen LogP contribution in [-0.2, 0) is 10.8 Å². The van der Waals surface area contributed by atoms with E-state index in [2.05, 4.69) is 33.9 Å². The van der Waals surface area contributed by atoms with E-state index < -0.39 is 26.7 Å². The molecule has 1 aromatic carbocycles. The number of aryl methyl sites for hydroxylation is 1. The molecule has 6 heteroatoms. The fourth-order valence-corrected chi connectivity index (χ4v) is 3.35. The minimum absolute atomic E-state index is 0.0471. The molecule has 0 saturated carbocycles. The summed E-state index contributed by atoms with van der Waals surface area (Å²) in [5, 5.41) is 9.17. The number of alkyl halides is 3. The third-order valence-corrected chi connectivity index (χ3v) is 9.16. The first-order valence-corrected chi connectivity index (χ1v) is 11.4. The number of halogens is 3. The first-order valence-electron chi connectivity index (χ1n) is 8.48. The van der Waals surface area contributed by atoms with Crippen LogP contribution in [0, 0.1) is 0 Å². The fraction of sp³-hybridized carbons (Fsp3) is 0.579. The number of hydrogen-bond donors (Lipinski definition) is 1. The molecule has 0 aliphatic rings. The van der Waals surface area contributed by atoms with E-state index in [1.807, 2.05) is 30.3 Å². The molecule has 0 amide bonds. The Bertz CT molecular complexity index is 548. The molecule has 0 radical (unpaired) electrons. The Morgan fingerprint density at radius 1 is 1.08 bits per heavy atom. The predicted molar refractivity (Wildman–Crippen MR) is 98.0 cm³/mol. The summed E-state index contributed by atoms with van der Waals surface area (Å²) in [4.78, 5) is 0. The van der Waals surface area contributed by atoms with Gasteiger partial charge in [0, 0.05) is 0 Å². The number of aliphatic hydroxyl groups is 1. The summed E-state index contributed by atoms with van der Waals surface area (Å²) >= 11 is 0. The van der Waals surface area contributed by atoms with Gasteiger partial charge in [-0.15, -0.1) is 0 Å². The normalized spacial score (nSPS) is 16.2. The summed E-state index contributed by atoms with van der Waals surface area (Å²) in [5.74, 6) is 0. The Hall–Kier alpha value is -1.11. The molecule has 0 bridgehead atoms. The smallest absolute Gasteiger partial charge is 0.411 e. The highest BCUT2D eigenvalue weighted by molar-refractivity contribution is 6.74. The van der Waals surface area contributed by atoms with Crippen molar-refractivity contribution < 1.29 is 22.7 Å². The van der Waals surface area contributed by atoms with E-state index in [4.69, 9.17) is 4.43 Å². The third kappa shape index (κ3) is 7.34. The molecule has 2 nitrogen and oxygen atoms in total. The van der Waals surface area contributed by atoms with E-state index >= 15 is 0 Å². The van der Waals surface area contributed by atoms with Gasteiger partial charge in [0.1, 0.15) is 0 Å². The number of hydrogen-bond acceptors (Lipinski definition) is 2. The van der Waals surface area contributed by atoms with Gasteiger partial charge in [-0.25, -0.2) is 0 Å². The van der Waals surface area contributed by atoms with Crippen LogP contribution in [0.2, 0.25) is 18.1 Å². The van der Waals surface area contributed by atoms with Crippen LogP contribution in [0.25, 0.3) is 0 Å². The molecule has 1 rings (SSSR count). The maximum atomic E-state index is 12.5. The van der Waals surface area contributed by atoms with Gasteiger partial charge in [0.25, 0.3) is 0 Å². The lowest BCUT2D eigenvalue weighted by Gasteiger charge is -2.38. The van der Waals surface area contributed by atoms with Gasteiger partial charge in [-0.3, -0.25) is 0 Å². The average molecular weight is 375 g/mol. The van der Waals surface area contributed by atoms with Crippen LogP contribution < -0.4 is 0 Å². The van der Waals surface area contributed by atoms with Crippen molar-refractivity contribution in [1.82, 2.24) is 0 Å². The molecular formula is C19H29F3O2Si. The summed E-state index contributed by atoms with van der Waals surface area (Å²) in [6, 6.07) is 9.76. The molecule has 142 valence electrons. The first kappa shape index (κ1) is 21.9. The van der Waals surface area contributed by atoms with Gasteiger partial charge in [0.15, 0.2) is 14.4 Å². The minimum Gasteiger partial charge on any atom is -0.411 e. The van der Waals surface area contributed by atoms with Crippen LogP contribution in [0.1, 0.15) is 32.8 Å². The summed E-state index contributed by atoms with van der Waals surface area (Å²) in [6.07, 6.45) is -4.15. The fourth-order valence-electron chi connectivity index (χ4n) is 2.04. The molecule has 2 atom stereocenters. The van der Waals surface area contributed by atoms with E-state index in [1.54, 1.807) is 0 Å². The molecule has 0 aliphatic carbocycles. The summed E-state index contributed by atoms with van der Waals surface area (Å²) in [6.45, 7) is 10.4. The molecule has 0 spiro atoms. The topological polar surface area (TPSA) is 29.5 Å². The van der Waals surface area contributed by atoms with Gasteiger partial charge >= 0.3 is 6.18 Å². The van der Waals surface area contributed by atoms with E-state index in [-0.39, 0.29) is 5.04 Å². The van der Waals surface area contributed by atoms with E-state index in [0.717, 1.165) is 11.6 Å². The molecule has 0 saturated heterocycles. The van der Waals surface area contributed by atoms with Gasteiger partial charge < -0.3 is 9.53 Å². The zero-order chi connectivity index (χ0) is 19.3. The lowest BCUT2D eigenvalue weighted by molar-refractivity contribution is -0.187. The van der Waals surface area contributed by atoms with Crippen molar-refractivity contribution in [1.29, 1.82) is 0 Å². The summed E-state index contributed by atoms with van der Waals surface area (Å²) < 4.78 is 43.9. The molecule has 2 unspecified atom stereocenters. The Kier molecular flexibility index (Phi) is 7.47. The van der Waals surface area contributed by atoms with Crippen LogP contribution in [0.5, 0.6) is 0 Å². The first-order chi connectivity index (χ1) is 11.3. The monoisotopic (exact) mass is 374 g/mol. The SMILES string of the molecule is CC(C)(C)[Si](C)(C)OC(/C=C/C(O)C(F)(F)F)CCc1ccccc1. The van der Waals surface area contributed by atoms with Gasteiger partial charge in [-0.1, -0.05) is 57.2 Å². The van der Waals surface area contributed by atoms with Crippen molar-refractivity contribution in [3.8, 4) is 0 Å². The van der Waals surface area contributed by atoms with Gasteiger partial charge in [-0.05, 0) is 42.6 Å². The molecule has 1 N–H and O–H groups in total. The highest BCUT2D eigenvalue weighted by Gasteiger charge is 2.39. The van der Waals surface area contributed by atoms with Crippen molar-refractivity contribution in [3.63, 3.8) is 0 Å². The zero-order valence-corrected chi connectivity index (χ0v) is 16.6. The maximum Gasteiger partial charge on any atom is 0.417 e. The maximum absolute atomic E-state index is 12.5. The molecule has 25 heavy (non-hydrogen) atoms. The molecule has 0 fully saturated rings. The van der Waals surface area contributed by atoms with Crippen molar-refractivity contribution in [2.45, 2.75) is 70.1 Å². The van der Waals surface area contributed by atoms with Crippen LogP contribution in [-0.4, -0.2) is 31.8 Å². The van der Waals surface area contributed by atoms with Crippen LogP contribution in [0.3, 0.4) is 0 Å².